The maximum atomic E-state index is 5.80. The Morgan fingerprint density at radius 3 is 3.15 bits per heavy atom. The zero-order valence-corrected chi connectivity index (χ0v) is 12.4. The summed E-state index contributed by atoms with van der Waals surface area (Å²) in [6.45, 7) is 4.52. The van der Waals surface area contributed by atoms with Crippen molar-refractivity contribution in [3.8, 4) is 11.5 Å². The highest BCUT2D eigenvalue weighted by atomic mass is 32.1. The van der Waals surface area contributed by atoms with E-state index in [2.05, 4.69) is 29.8 Å². The molecule has 3 nitrogen and oxygen atoms in total. The van der Waals surface area contributed by atoms with Crippen LogP contribution >= 0.6 is 11.3 Å². The minimum absolute atomic E-state index is 0.316. The Balaban J connectivity index is 1.64. The first-order chi connectivity index (χ1) is 9.86. The molecule has 1 unspecified atom stereocenters. The molecular weight excluding hydrogens is 270 g/mol. The summed E-state index contributed by atoms with van der Waals surface area (Å²) in [4.78, 5) is 1.23. The van der Waals surface area contributed by atoms with Gasteiger partial charge < -0.3 is 14.8 Å². The van der Waals surface area contributed by atoms with Crippen LogP contribution < -0.4 is 14.8 Å². The summed E-state index contributed by atoms with van der Waals surface area (Å²) in [6.07, 6.45) is 1.13. The lowest BCUT2D eigenvalue weighted by Gasteiger charge is -2.10. The Hall–Kier alpha value is -1.52. The Bertz CT molecular complexity index is 554. The van der Waals surface area contributed by atoms with Gasteiger partial charge in [-0.2, -0.15) is 0 Å². The number of thiophene rings is 1. The van der Waals surface area contributed by atoms with Gasteiger partial charge in [-0.15, -0.1) is 11.3 Å². The molecule has 0 spiro atoms. The Morgan fingerprint density at radius 2 is 2.35 bits per heavy atom. The lowest BCUT2D eigenvalue weighted by molar-refractivity contribution is 0.299. The van der Waals surface area contributed by atoms with Crippen molar-refractivity contribution in [2.75, 3.05) is 13.2 Å². The highest BCUT2D eigenvalue weighted by molar-refractivity contribution is 7.09. The molecule has 1 N–H and O–H groups in total. The van der Waals surface area contributed by atoms with Crippen molar-refractivity contribution in [1.29, 1.82) is 0 Å². The molecule has 1 aromatic heterocycles. The predicted molar refractivity (Wildman–Crippen MR) is 81.6 cm³/mol. The largest absolute Gasteiger partial charge is 0.491 e. The molecule has 0 saturated heterocycles. The summed E-state index contributed by atoms with van der Waals surface area (Å²) in [7, 11) is 0. The van der Waals surface area contributed by atoms with Crippen LogP contribution in [0.5, 0.6) is 11.5 Å². The van der Waals surface area contributed by atoms with Crippen LogP contribution in [-0.4, -0.2) is 13.2 Å². The van der Waals surface area contributed by atoms with Gasteiger partial charge in [0.1, 0.15) is 24.7 Å². The lowest BCUT2D eigenvalue weighted by atomic mass is 10.1. The fraction of sp³-hybridized carbons (Fsp3) is 0.375. The van der Waals surface area contributed by atoms with E-state index in [4.69, 9.17) is 9.47 Å². The van der Waals surface area contributed by atoms with Crippen LogP contribution in [0.2, 0.25) is 0 Å². The molecule has 4 heteroatoms. The fourth-order valence-electron chi connectivity index (χ4n) is 2.32. The van der Waals surface area contributed by atoms with Crippen LogP contribution in [0.3, 0.4) is 0 Å². The van der Waals surface area contributed by atoms with Gasteiger partial charge >= 0.3 is 0 Å². The Morgan fingerprint density at radius 1 is 1.40 bits per heavy atom. The maximum Gasteiger partial charge on any atom is 0.128 e. The SMILES string of the molecule is CCCNC1COc2cc(OCc3cccs3)ccc21. The van der Waals surface area contributed by atoms with Gasteiger partial charge in [-0.25, -0.2) is 0 Å². The van der Waals surface area contributed by atoms with Crippen LogP contribution in [0.1, 0.15) is 29.8 Å². The van der Waals surface area contributed by atoms with E-state index >= 15 is 0 Å². The summed E-state index contributed by atoms with van der Waals surface area (Å²) in [5, 5.41) is 5.56. The van der Waals surface area contributed by atoms with Crippen molar-refractivity contribution in [3.05, 3.63) is 46.2 Å². The number of rotatable bonds is 6. The standard InChI is InChI=1S/C16H19NO2S/c1-2-7-17-15-11-19-16-9-12(5-6-14(15)16)18-10-13-4-3-8-20-13/h3-6,8-9,15,17H,2,7,10-11H2,1H3. The van der Waals surface area contributed by atoms with E-state index in [-0.39, 0.29) is 0 Å². The molecule has 0 fully saturated rings. The molecule has 0 aliphatic carbocycles. The summed E-state index contributed by atoms with van der Waals surface area (Å²) in [5.41, 5.74) is 1.24. The number of hydrogen-bond donors (Lipinski definition) is 1. The van der Waals surface area contributed by atoms with Crippen molar-refractivity contribution in [3.63, 3.8) is 0 Å². The second-order valence-electron chi connectivity index (χ2n) is 4.89. The average Bonchev–Trinajstić information content (AvgIpc) is 3.12. The van der Waals surface area contributed by atoms with Crippen LogP contribution in [0, 0.1) is 0 Å². The smallest absolute Gasteiger partial charge is 0.128 e. The molecule has 1 aromatic carbocycles. The van der Waals surface area contributed by atoms with Gasteiger partial charge in [0.25, 0.3) is 0 Å². The molecule has 1 aliphatic heterocycles. The highest BCUT2D eigenvalue weighted by Gasteiger charge is 2.23. The molecule has 1 aliphatic rings. The monoisotopic (exact) mass is 289 g/mol. The van der Waals surface area contributed by atoms with Crippen molar-refractivity contribution in [2.45, 2.75) is 26.0 Å². The van der Waals surface area contributed by atoms with Gasteiger partial charge in [0, 0.05) is 16.5 Å². The van der Waals surface area contributed by atoms with Crippen LogP contribution in [-0.2, 0) is 6.61 Å². The van der Waals surface area contributed by atoms with Crippen LogP contribution in [0.4, 0.5) is 0 Å². The summed E-state index contributed by atoms with van der Waals surface area (Å²) < 4.78 is 11.5. The molecule has 1 atom stereocenters. The van der Waals surface area contributed by atoms with Gasteiger partial charge in [0.15, 0.2) is 0 Å². The van der Waals surface area contributed by atoms with Gasteiger partial charge in [0.05, 0.1) is 6.04 Å². The number of nitrogens with one attached hydrogen (secondary N) is 1. The number of fused-ring (bicyclic) bond motifs is 1. The second kappa shape index (κ2) is 6.29. The first-order valence-electron chi connectivity index (χ1n) is 7.02. The second-order valence-corrected chi connectivity index (χ2v) is 5.92. The van der Waals surface area contributed by atoms with E-state index in [0.29, 0.717) is 19.3 Å². The van der Waals surface area contributed by atoms with Gasteiger partial charge in [-0.1, -0.05) is 13.0 Å². The molecule has 0 bridgehead atoms. The molecule has 106 valence electrons. The van der Waals surface area contributed by atoms with Crippen LogP contribution in [0.15, 0.2) is 35.7 Å². The minimum atomic E-state index is 0.316. The van der Waals surface area contributed by atoms with E-state index in [9.17, 15) is 0 Å². The molecule has 20 heavy (non-hydrogen) atoms. The zero-order valence-electron chi connectivity index (χ0n) is 11.6. The third kappa shape index (κ3) is 2.97. The quantitative estimate of drug-likeness (QED) is 0.878. The fourth-order valence-corrected chi connectivity index (χ4v) is 2.93. The first kappa shape index (κ1) is 13.5. The summed E-state index contributed by atoms with van der Waals surface area (Å²) in [5.74, 6) is 1.82. The van der Waals surface area contributed by atoms with Gasteiger partial charge in [0.2, 0.25) is 0 Å². The van der Waals surface area contributed by atoms with Crippen LogP contribution in [0.25, 0.3) is 0 Å². The number of benzene rings is 1. The average molecular weight is 289 g/mol. The van der Waals surface area contributed by atoms with E-state index in [1.165, 1.54) is 10.4 Å². The van der Waals surface area contributed by atoms with Gasteiger partial charge in [-0.05, 0) is 36.5 Å². The predicted octanol–water partition coefficient (Wildman–Crippen LogP) is 3.76. The van der Waals surface area contributed by atoms with Crippen molar-refractivity contribution in [2.24, 2.45) is 0 Å². The molecule has 0 saturated carbocycles. The third-order valence-electron chi connectivity index (χ3n) is 3.37. The molecular formula is C16H19NO2S. The zero-order chi connectivity index (χ0) is 13.8. The molecule has 0 radical (unpaired) electrons. The lowest BCUT2D eigenvalue weighted by Crippen LogP contribution is -2.22. The number of hydrogen-bond acceptors (Lipinski definition) is 4. The number of ether oxygens (including phenoxy) is 2. The van der Waals surface area contributed by atoms with E-state index in [1.54, 1.807) is 11.3 Å². The normalized spacial score (nSPS) is 16.8. The molecule has 2 heterocycles. The Labute approximate surface area is 123 Å². The first-order valence-corrected chi connectivity index (χ1v) is 7.90. The topological polar surface area (TPSA) is 30.5 Å². The van der Waals surface area contributed by atoms with Crippen molar-refractivity contribution in [1.82, 2.24) is 5.32 Å². The Kier molecular flexibility index (Phi) is 4.23. The summed E-state index contributed by atoms with van der Waals surface area (Å²) >= 11 is 1.71. The molecule has 0 amide bonds. The van der Waals surface area contributed by atoms with Gasteiger partial charge in [-0.3, -0.25) is 0 Å². The molecule has 2 aromatic rings. The van der Waals surface area contributed by atoms with Crippen molar-refractivity contribution >= 4 is 11.3 Å². The van der Waals surface area contributed by atoms with E-state index < -0.39 is 0 Å². The van der Waals surface area contributed by atoms with Crippen molar-refractivity contribution < 1.29 is 9.47 Å². The minimum Gasteiger partial charge on any atom is -0.491 e. The maximum absolute atomic E-state index is 5.80. The van der Waals surface area contributed by atoms with E-state index in [1.807, 2.05) is 18.2 Å². The highest BCUT2D eigenvalue weighted by Crippen LogP contribution is 2.35. The summed E-state index contributed by atoms with van der Waals surface area (Å²) in [6, 6.07) is 10.6. The van der Waals surface area contributed by atoms with E-state index in [0.717, 1.165) is 24.5 Å². The molecule has 3 rings (SSSR count). The third-order valence-corrected chi connectivity index (χ3v) is 4.22.